The summed E-state index contributed by atoms with van der Waals surface area (Å²) in [5, 5.41) is 0. The Bertz CT molecular complexity index is 301. The van der Waals surface area contributed by atoms with Crippen LogP contribution in [0.15, 0.2) is 0 Å². The lowest BCUT2D eigenvalue weighted by Gasteiger charge is -2.08. The molecule has 0 spiro atoms. The van der Waals surface area contributed by atoms with Crippen LogP contribution in [0.4, 0.5) is 13.2 Å². The second kappa shape index (κ2) is 7.17. The molecule has 0 saturated heterocycles. The topological polar surface area (TPSA) is 69.4 Å². The van der Waals surface area contributed by atoms with E-state index < -0.39 is 22.6 Å². The molecule has 0 heterocycles. The van der Waals surface area contributed by atoms with Gasteiger partial charge in [0.2, 0.25) is 0 Å². The molecule has 0 aromatic rings. The largest absolute Gasteiger partial charge is 0.411 e. The van der Waals surface area contributed by atoms with E-state index in [0.29, 0.717) is 6.42 Å². The van der Waals surface area contributed by atoms with Gasteiger partial charge in [0.15, 0.2) is 0 Å². The van der Waals surface area contributed by atoms with Gasteiger partial charge in [0.05, 0.1) is 11.5 Å². The lowest BCUT2D eigenvalue weighted by molar-refractivity contribution is -0.173. The van der Waals surface area contributed by atoms with Crippen molar-refractivity contribution >= 4 is 9.84 Å². The van der Waals surface area contributed by atoms with Crippen LogP contribution in [0.25, 0.3) is 0 Å². The molecule has 0 aliphatic rings. The molecule has 0 radical (unpaired) electrons. The first kappa shape index (κ1) is 16.7. The first-order chi connectivity index (χ1) is 7.62. The Balaban J connectivity index is 3.67. The van der Waals surface area contributed by atoms with E-state index in [-0.39, 0.29) is 30.6 Å². The summed E-state index contributed by atoms with van der Waals surface area (Å²) in [7, 11) is -3.23. The van der Waals surface area contributed by atoms with Gasteiger partial charge in [-0.25, -0.2) is 8.42 Å². The van der Waals surface area contributed by atoms with Crippen LogP contribution >= 0.6 is 0 Å². The van der Waals surface area contributed by atoms with Crippen molar-refractivity contribution in [1.82, 2.24) is 0 Å². The third-order valence-corrected chi connectivity index (χ3v) is 3.66. The first-order valence-corrected chi connectivity index (χ1v) is 7.05. The molecule has 1 unspecified atom stereocenters. The molecule has 0 rings (SSSR count). The number of rotatable bonds is 8. The summed E-state index contributed by atoms with van der Waals surface area (Å²) < 4.78 is 62.0. The van der Waals surface area contributed by atoms with Gasteiger partial charge in [0, 0.05) is 12.6 Å². The van der Waals surface area contributed by atoms with Crippen LogP contribution in [0.3, 0.4) is 0 Å². The molecule has 0 saturated carbocycles. The van der Waals surface area contributed by atoms with E-state index >= 15 is 0 Å². The Labute approximate surface area is 99.2 Å². The number of hydrogen-bond donors (Lipinski definition) is 1. The Morgan fingerprint density at radius 1 is 1.29 bits per heavy atom. The summed E-state index contributed by atoms with van der Waals surface area (Å²) in [6.07, 6.45) is -3.95. The molecule has 0 amide bonds. The van der Waals surface area contributed by atoms with Crippen LogP contribution < -0.4 is 5.73 Å². The average Bonchev–Trinajstić information content (AvgIpc) is 2.12. The molecule has 2 N–H and O–H groups in total. The van der Waals surface area contributed by atoms with Crippen LogP contribution in [0.5, 0.6) is 0 Å². The fourth-order valence-electron chi connectivity index (χ4n) is 1.04. The fourth-order valence-corrected chi connectivity index (χ4v) is 2.53. The van der Waals surface area contributed by atoms with Gasteiger partial charge in [-0.15, -0.1) is 0 Å². The average molecular weight is 277 g/mol. The van der Waals surface area contributed by atoms with Gasteiger partial charge in [-0.3, -0.25) is 0 Å². The second-order valence-corrected chi connectivity index (χ2v) is 6.24. The maximum Gasteiger partial charge on any atom is 0.411 e. The van der Waals surface area contributed by atoms with Crippen molar-refractivity contribution in [3.63, 3.8) is 0 Å². The number of hydrogen-bond acceptors (Lipinski definition) is 4. The van der Waals surface area contributed by atoms with Gasteiger partial charge in [-0.05, 0) is 19.8 Å². The maximum absolute atomic E-state index is 11.7. The van der Waals surface area contributed by atoms with E-state index in [1.165, 1.54) is 0 Å². The third kappa shape index (κ3) is 11.9. The van der Waals surface area contributed by atoms with Crippen molar-refractivity contribution in [1.29, 1.82) is 0 Å². The summed E-state index contributed by atoms with van der Waals surface area (Å²) in [5.74, 6) is -0.207. The zero-order chi connectivity index (χ0) is 13.5. The van der Waals surface area contributed by atoms with Crippen molar-refractivity contribution in [3.8, 4) is 0 Å². The predicted octanol–water partition coefficient (Wildman–Crippen LogP) is 1.11. The molecule has 4 nitrogen and oxygen atoms in total. The second-order valence-electron chi connectivity index (χ2n) is 3.94. The molecule has 0 aromatic carbocycles. The number of ether oxygens (including phenoxy) is 1. The highest BCUT2D eigenvalue weighted by Crippen LogP contribution is 2.14. The lowest BCUT2D eigenvalue weighted by Crippen LogP contribution is -2.22. The number of halogens is 3. The van der Waals surface area contributed by atoms with Gasteiger partial charge < -0.3 is 10.5 Å². The normalized spacial score (nSPS) is 14.9. The summed E-state index contributed by atoms with van der Waals surface area (Å²) >= 11 is 0. The van der Waals surface area contributed by atoms with Gasteiger partial charge in [-0.1, -0.05) is 0 Å². The first-order valence-electron chi connectivity index (χ1n) is 5.23. The fraction of sp³-hybridized carbons (Fsp3) is 1.00. The van der Waals surface area contributed by atoms with Crippen molar-refractivity contribution in [3.05, 3.63) is 0 Å². The maximum atomic E-state index is 11.7. The van der Waals surface area contributed by atoms with E-state index in [1.54, 1.807) is 6.92 Å². The van der Waals surface area contributed by atoms with E-state index in [2.05, 4.69) is 4.74 Å². The Hall–Kier alpha value is -0.340. The molecule has 17 heavy (non-hydrogen) atoms. The quantitative estimate of drug-likeness (QED) is 0.675. The smallest absolute Gasteiger partial charge is 0.372 e. The van der Waals surface area contributed by atoms with Gasteiger partial charge >= 0.3 is 6.18 Å². The van der Waals surface area contributed by atoms with Crippen molar-refractivity contribution in [2.45, 2.75) is 32.0 Å². The monoisotopic (exact) mass is 277 g/mol. The number of alkyl halides is 3. The van der Waals surface area contributed by atoms with Crippen LogP contribution in [-0.4, -0.2) is 45.4 Å². The highest BCUT2D eigenvalue weighted by molar-refractivity contribution is 7.91. The highest BCUT2D eigenvalue weighted by Gasteiger charge is 2.27. The van der Waals surface area contributed by atoms with Crippen molar-refractivity contribution in [2.24, 2.45) is 5.73 Å². The van der Waals surface area contributed by atoms with E-state index in [0.717, 1.165) is 0 Å². The number of nitrogens with two attached hydrogens (primary N) is 1. The Kier molecular flexibility index (Phi) is 7.03. The summed E-state index contributed by atoms with van der Waals surface area (Å²) in [6, 6.07) is -0.203. The van der Waals surface area contributed by atoms with E-state index in [1.807, 2.05) is 0 Å². The van der Waals surface area contributed by atoms with E-state index in [4.69, 9.17) is 5.73 Å². The SMILES string of the molecule is CC(N)CCS(=O)(=O)CCCOCC(F)(F)F. The van der Waals surface area contributed by atoms with Gasteiger partial charge in [0.25, 0.3) is 0 Å². The zero-order valence-electron chi connectivity index (χ0n) is 9.66. The molecule has 0 aromatic heterocycles. The zero-order valence-corrected chi connectivity index (χ0v) is 10.5. The summed E-state index contributed by atoms with van der Waals surface area (Å²) in [6.45, 7) is 0.145. The molecule has 8 heteroatoms. The minimum Gasteiger partial charge on any atom is -0.372 e. The van der Waals surface area contributed by atoms with Crippen LogP contribution in [0.1, 0.15) is 19.8 Å². The molecule has 0 aliphatic carbocycles. The molecule has 104 valence electrons. The molecule has 0 bridgehead atoms. The van der Waals surface area contributed by atoms with Crippen LogP contribution in [0, 0.1) is 0 Å². The molecule has 0 aliphatic heterocycles. The molecule has 0 fully saturated rings. The minimum atomic E-state index is -4.37. The minimum absolute atomic E-state index is 0.0378. The summed E-state index contributed by atoms with van der Waals surface area (Å²) in [4.78, 5) is 0. The third-order valence-electron chi connectivity index (χ3n) is 1.89. The van der Waals surface area contributed by atoms with Gasteiger partial charge in [0.1, 0.15) is 16.4 Å². The van der Waals surface area contributed by atoms with Crippen molar-refractivity contribution < 1.29 is 26.3 Å². The predicted molar refractivity (Wildman–Crippen MR) is 58.4 cm³/mol. The molecule has 1 atom stereocenters. The number of sulfone groups is 1. The standard InChI is InChI=1S/C9H18F3NO3S/c1-8(13)3-6-17(14,15)5-2-4-16-7-9(10,11)12/h8H,2-7,13H2,1H3. The van der Waals surface area contributed by atoms with E-state index in [9.17, 15) is 21.6 Å². The lowest BCUT2D eigenvalue weighted by atomic mass is 10.3. The van der Waals surface area contributed by atoms with Crippen LogP contribution in [-0.2, 0) is 14.6 Å². The molecular formula is C9H18F3NO3S. The van der Waals surface area contributed by atoms with Crippen molar-refractivity contribution in [2.75, 3.05) is 24.7 Å². The highest BCUT2D eigenvalue weighted by atomic mass is 32.2. The Morgan fingerprint density at radius 3 is 2.35 bits per heavy atom. The summed E-state index contributed by atoms with van der Waals surface area (Å²) in [5.41, 5.74) is 5.41. The van der Waals surface area contributed by atoms with Gasteiger partial charge in [-0.2, -0.15) is 13.2 Å². The molecular weight excluding hydrogens is 259 g/mol. The van der Waals surface area contributed by atoms with Crippen LogP contribution in [0.2, 0.25) is 0 Å². The Morgan fingerprint density at radius 2 is 1.88 bits per heavy atom.